The summed E-state index contributed by atoms with van der Waals surface area (Å²) in [4.78, 5) is 28.4. The van der Waals surface area contributed by atoms with E-state index in [1.54, 1.807) is 61.7 Å². The molecule has 0 spiro atoms. The van der Waals surface area contributed by atoms with Gasteiger partial charge in [0.15, 0.2) is 5.76 Å². The number of furan rings is 1. The number of halogens is 1. The highest BCUT2D eigenvalue weighted by Gasteiger charge is 2.34. The van der Waals surface area contributed by atoms with Gasteiger partial charge >= 0.3 is 0 Å². The van der Waals surface area contributed by atoms with E-state index in [0.29, 0.717) is 22.7 Å². The zero-order chi connectivity index (χ0) is 23.2. The molecule has 2 amide bonds. The number of carbonyl (C=O) groups excluding carboxylic acids is 2. The van der Waals surface area contributed by atoms with Crippen molar-refractivity contribution in [3.05, 3.63) is 114 Å². The van der Waals surface area contributed by atoms with Crippen LogP contribution in [0, 0.1) is 5.82 Å². The molecule has 0 fully saturated rings. The number of nitrogens with one attached hydrogen (secondary N) is 1. The van der Waals surface area contributed by atoms with E-state index in [0.717, 1.165) is 0 Å². The van der Waals surface area contributed by atoms with Crippen molar-refractivity contribution < 1.29 is 23.1 Å². The van der Waals surface area contributed by atoms with Crippen molar-refractivity contribution in [2.75, 3.05) is 17.3 Å². The number of benzene rings is 3. The second kappa shape index (κ2) is 9.82. The lowest BCUT2D eigenvalue weighted by Gasteiger charge is -2.31. The van der Waals surface area contributed by atoms with Gasteiger partial charge in [0.2, 0.25) is 0 Å². The number of carbonyl (C=O) groups is 2. The average Bonchev–Trinajstić information content (AvgIpc) is 3.39. The van der Waals surface area contributed by atoms with E-state index < -0.39 is 23.7 Å². The van der Waals surface area contributed by atoms with Crippen LogP contribution >= 0.6 is 0 Å². The first-order chi connectivity index (χ1) is 16.1. The van der Waals surface area contributed by atoms with E-state index in [9.17, 15) is 14.0 Å². The number of hydrogen-bond acceptors (Lipinski definition) is 4. The van der Waals surface area contributed by atoms with Crippen LogP contribution in [0.2, 0.25) is 0 Å². The molecule has 4 aromatic rings. The average molecular weight is 444 g/mol. The van der Waals surface area contributed by atoms with E-state index in [1.807, 2.05) is 6.07 Å². The molecule has 0 aliphatic rings. The van der Waals surface area contributed by atoms with Gasteiger partial charge in [-0.15, -0.1) is 0 Å². The monoisotopic (exact) mass is 444 g/mol. The Morgan fingerprint density at radius 1 is 0.909 bits per heavy atom. The minimum atomic E-state index is -1.10. The predicted octanol–water partition coefficient (Wildman–Crippen LogP) is 5.45. The normalized spacial score (nSPS) is 11.5. The van der Waals surface area contributed by atoms with Crippen molar-refractivity contribution >= 4 is 23.2 Å². The fourth-order valence-electron chi connectivity index (χ4n) is 3.44. The number of methoxy groups -OCH3 is 1. The Bertz CT molecular complexity index is 1210. The zero-order valence-electron chi connectivity index (χ0n) is 17.8. The summed E-state index contributed by atoms with van der Waals surface area (Å²) in [6, 6.07) is 23.1. The van der Waals surface area contributed by atoms with Gasteiger partial charge in [0, 0.05) is 11.4 Å². The molecule has 33 heavy (non-hydrogen) atoms. The van der Waals surface area contributed by atoms with Crippen LogP contribution in [-0.2, 0) is 4.79 Å². The molecule has 0 aliphatic carbocycles. The molecule has 0 saturated carbocycles. The Kier molecular flexibility index (Phi) is 6.50. The topological polar surface area (TPSA) is 71.8 Å². The Morgan fingerprint density at radius 2 is 1.61 bits per heavy atom. The van der Waals surface area contributed by atoms with E-state index in [2.05, 4.69) is 5.32 Å². The molecule has 0 bridgehead atoms. The maximum Gasteiger partial charge on any atom is 0.294 e. The van der Waals surface area contributed by atoms with Crippen molar-refractivity contribution in [2.45, 2.75) is 6.04 Å². The van der Waals surface area contributed by atoms with Gasteiger partial charge in [0.1, 0.15) is 17.6 Å². The van der Waals surface area contributed by atoms with Gasteiger partial charge in [-0.05, 0) is 66.2 Å². The van der Waals surface area contributed by atoms with E-state index in [-0.39, 0.29) is 5.76 Å². The van der Waals surface area contributed by atoms with Crippen LogP contribution in [0.1, 0.15) is 22.2 Å². The SMILES string of the molecule is COc1ccc(NC(=O)[C@@H](c2ccc(F)cc2)N(C(=O)c2ccco2)c2ccccc2)cc1. The summed E-state index contributed by atoms with van der Waals surface area (Å²) in [6.45, 7) is 0. The summed E-state index contributed by atoms with van der Waals surface area (Å²) in [5, 5.41) is 2.84. The van der Waals surface area contributed by atoms with Gasteiger partial charge in [-0.3, -0.25) is 14.5 Å². The number of ether oxygens (including phenoxy) is 1. The lowest BCUT2D eigenvalue weighted by molar-refractivity contribution is -0.117. The molecule has 0 unspecified atom stereocenters. The number of rotatable bonds is 7. The highest BCUT2D eigenvalue weighted by atomic mass is 19.1. The van der Waals surface area contributed by atoms with Crippen molar-refractivity contribution in [3.63, 3.8) is 0 Å². The molecule has 0 radical (unpaired) electrons. The van der Waals surface area contributed by atoms with Crippen LogP contribution in [0.3, 0.4) is 0 Å². The van der Waals surface area contributed by atoms with E-state index in [4.69, 9.17) is 9.15 Å². The lowest BCUT2D eigenvalue weighted by Crippen LogP contribution is -2.41. The summed E-state index contributed by atoms with van der Waals surface area (Å²) >= 11 is 0. The molecule has 7 heteroatoms. The Morgan fingerprint density at radius 3 is 2.21 bits per heavy atom. The number of amides is 2. The first-order valence-corrected chi connectivity index (χ1v) is 10.2. The van der Waals surface area contributed by atoms with Crippen LogP contribution in [-0.4, -0.2) is 18.9 Å². The zero-order valence-corrected chi connectivity index (χ0v) is 17.8. The number of para-hydroxylation sites is 1. The molecular formula is C26H21FN2O4. The van der Waals surface area contributed by atoms with E-state index in [1.165, 1.54) is 41.5 Å². The van der Waals surface area contributed by atoms with Crippen LogP contribution in [0.25, 0.3) is 0 Å². The van der Waals surface area contributed by atoms with Crippen molar-refractivity contribution in [1.82, 2.24) is 0 Å². The van der Waals surface area contributed by atoms with Crippen molar-refractivity contribution in [3.8, 4) is 5.75 Å². The molecule has 1 atom stereocenters. The third kappa shape index (κ3) is 4.93. The first kappa shape index (κ1) is 21.8. The van der Waals surface area contributed by atoms with Crippen molar-refractivity contribution in [1.29, 1.82) is 0 Å². The number of anilines is 2. The third-order valence-electron chi connectivity index (χ3n) is 5.03. The summed E-state index contributed by atoms with van der Waals surface area (Å²) in [5.41, 5.74) is 1.44. The van der Waals surface area contributed by atoms with Gasteiger partial charge in [0.25, 0.3) is 11.8 Å². The fourth-order valence-corrected chi connectivity index (χ4v) is 3.44. The summed E-state index contributed by atoms with van der Waals surface area (Å²) in [5.74, 6) is -0.720. The van der Waals surface area contributed by atoms with Crippen LogP contribution in [0.15, 0.2) is 102 Å². The second-order valence-electron chi connectivity index (χ2n) is 7.16. The molecule has 166 valence electrons. The Hall–Kier alpha value is -4.39. The second-order valence-corrected chi connectivity index (χ2v) is 7.16. The Labute approximate surface area is 190 Å². The molecule has 1 aromatic heterocycles. The maximum absolute atomic E-state index is 13.7. The lowest BCUT2D eigenvalue weighted by atomic mass is 10.0. The van der Waals surface area contributed by atoms with Gasteiger partial charge in [0.05, 0.1) is 13.4 Å². The molecule has 3 aromatic carbocycles. The molecule has 1 heterocycles. The fraction of sp³-hybridized carbons (Fsp3) is 0.0769. The molecule has 1 N–H and O–H groups in total. The van der Waals surface area contributed by atoms with Crippen LogP contribution in [0.5, 0.6) is 5.75 Å². The van der Waals surface area contributed by atoms with Gasteiger partial charge in [-0.25, -0.2) is 4.39 Å². The molecule has 4 rings (SSSR count). The highest BCUT2D eigenvalue weighted by molar-refractivity contribution is 6.10. The minimum absolute atomic E-state index is 0.0724. The summed E-state index contributed by atoms with van der Waals surface area (Å²) < 4.78 is 24.2. The highest BCUT2D eigenvalue weighted by Crippen LogP contribution is 2.31. The quantitative estimate of drug-likeness (QED) is 0.411. The minimum Gasteiger partial charge on any atom is -0.497 e. The van der Waals surface area contributed by atoms with Gasteiger partial charge in [-0.1, -0.05) is 30.3 Å². The van der Waals surface area contributed by atoms with Crippen molar-refractivity contribution in [2.24, 2.45) is 0 Å². The molecule has 6 nitrogen and oxygen atoms in total. The van der Waals surface area contributed by atoms with E-state index >= 15 is 0 Å². The smallest absolute Gasteiger partial charge is 0.294 e. The number of hydrogen-bond donors (Lipinski definition) is 1. The largest absolute Gasteiger partial charge is 0.497 e. The Balaban J connectivity index is 1.78. The first-order valence-electron chi connectivity index (χ1n) is 10.2. The van der Waals surface area contributed by atoms with Gasteiger partial charge in [-0.2, -0.15) is 0 Å². The molecule has 0 saturated heterocycles. The maximum atomic E-state index is 13.7. The summed E-state index contributed by atoms with van der Waals surface area (Å²) in [7, 11) is 1.55. The standard InChI is InChI=1S/C26H21FN2O4/c1-32-22-15-13-20(14-16-22)28-25(30)24(18-9-11-19(27)12-10-18)29(21-6-3-2-4-7-21)26(31)23-8-5-17-33-23/h2-17,24H,1H3,(H,28,30)/t24-/m1/s1. The number of nitrogens with zero attached hydrogens (tertiary/aromatic N) is 1. The van der Waals surface area contributed by atoms with Crippen LogP contribution < -0.4 is 15.0 Å². The predicted molar refractivity (Wildman–Crippen MR) is 123 cm³/mol. The molecular weight excluding hydrogens is 423 g/mol. The summed E-state index contributed by atoms with van der Waals surface area (Å²) in [6.07, 6.45) is 1.39. The van der Waals surface area contributed by atoms with Gasteiger partial charge < -0.3 is 14.5 Å². The third-order valence-corrected chi connectivity index (χ3v) is 5.03. The molecule has 0 aliphatic heterocycles. The van der Waals surface area contributed by atoms with Crippen LogP contribution in [0.4, 0.5) is 15.8 Å².